The predicted molar refractivity (Wildman–Crippen MR) is 33.3 cm³/mol. The third-order valence-electron chi connectivity index (χ3n) is 1.11. The summed E-state index contributed by atoms with van der Waals surface area (Å²) in [6.07, 6.45) is 0. The summed E-state index contributed by atoms with van der Waals surface area (Å²) < 4.78 is 0. The molecule has 0 amide bonds. The van der Waals surface area contributed by atoms with Crippen LogP contribution in [0.4, 0.5) is 0 Å². The van der Waals surface area contributed by atoms with Crippen LogP contribution in [-0.4, -0.2) is 23.3 Å². The highest BCUT2D eigenvalue weighted by molar-refractivity contribution is 6.08. The van der Waals surface area contributed by atoms with Gasteiger partial charge in [-0.2, -0.15) is 0 Å². The fourth-order valence-electron chi connectivity index (χ4n) is 0.204. The minimum atomic E-state index is 0.747. The van der Waals surface area contributed by atoms with E-state index in [1.807, 2.05) is 7.05 Å². The van der Waals surface area contributed by atoms with Crippen LogP contribution in [0.5, 0.6) is 0 Å². The zero-order valence-electron chi connectivity index (χ0n) is 4.78. The van der Waals surface area contributed by atoms with Crippen molar-refractivity contribution in [2.75, 3.05) is 7.05 Å². The number of nitrogens with one attached hydrogen (secondary N) is 1. The first-order chi connectivity index (χ1) is 2.81. The molecule has 0 aliphatic carbocycles. The van der Waals surface area contributed by atoms with E-state index >= 15 is 0 Å². The fraction of sp³-hybridized carbons (Fsp3) is 1.00. The fourth-order valence-corrected chi connectivity index (χ4v) is 0.612. The molecule has 0 bridgehead atoms. The lowest BCUT2D eigenvalue weighted by molar-refractivity contribution is 0.667. The van der Waals surface area contributed by atoms with Crippen LogP contribution in [0.2, 0.25) is 6.04 Å². The van der Waals surface area contributed by atoms with E-state index in [-0.39, 0.29) is 0 Å². The molecular weight excluding hydrogens is 90.1 g/mol. The summed E-state index contributed by atoms with van der Waals surface area (Å²) in [6, 6.07) is 2.10. The molecule has 0 saturated heterocycles. The third kappa shape index (κ3) is 2.42. The quantitative estimate of drug-likeness (QED) is 0.459. The van der Waals surface area contributed by atoms with Gasteiger partial charge in [0.25, 0.3) is 0 Å². The van der Waals surface area contributed by atoms with E-state index in [4.69, 9.17) is 0 Å². The molecule has 0 fully saturated rings. The van der Waals surface area contributed by atoms with Gasteiger partial charge in [-0.1, -0.05) is 13.0 Å². The molecular formula is C4H13NSi. The van der Waals surface area contributed by atoms with Crippen LogP contribution in [0.25, 0.3) is 0 Å². The topological polar surface area (TPSA) is 12.0 Å². The Bertz CT molecular complexity index is 26.7. The molecule has 2 heteroatoms. The molecule has 0 aromatic carbocycles. The SMILES string of the molecule is CNC(C)C[SiH3]. The van der Waals surface area contributed by atoms with Crippen molar-refractivity contribution in [1.29, 1.82) is 0 Å². The van der Waals surface area contributed by atoms with Crippen LogP contribution >= 0.6 is 0 Å². The van der Waals surface area contributed by atoms with Crippen molar-refractivity contribution in [2.45, 2.75) is 19.0 Å². The van der Waals surface area contributed by atoms with E-state index in [9.17, 15) is 0 Å². The summed E-state index contributed by atoms with van der Waals surface area (Å²) in [5.74, 6) is 0. The first kappa shape index (κ1) is 6.18. The van der Waals surface area contributed by atoms with Gasteiger partial charge >= 0.3 is 0 Å². The first-order valence-corrected chi connectivity index (χ1v) is 3.90. The maximum Gasteiger partial charge on any atom is 0.00475 e. The third-order valence-corrected chi connectivity index (χ3v) is 2.33. The number of hydrogen-bond donors (Lipinski definition) is 1. The Balaban J connectivity index is 2.75. The number of hydrogen-bond acceptors (Lipinski definition) is 1. The summed E-state index contributed by atoms with van der Waals surface area (Å²) in [5, 5.41) is 3.15. The molecule has 0 aromatic heterocycles. The Morgan fingerprint density at radius 1 is 1.83 bits per heavy atom. The molecule has 1 unspecified atom stereocenters. The van der Waals surface area contributed by atoms with E-state index in [2.05, 4.69) is 12.2 Å². The highest BCUT2D eigenvalue weighted by atomic mass is 28.1. The maximum atomic E-state index is 3.15. The molecule has 0 radical (unpaired) electrons. The summed E-state index contributed by atoms with van der Waals surface area (Å²) in [5.41, 5.74) is 0. The molecule has 0 aliphatic heterocycles. The van der Waals surface area contributed by atoms with Gasteiger partial charge in [-0.3, -0.25) is 0 Å². The zero-order valence-corrected chi connectivity index (χ0v) is 6.78. The second-order valence-electron chi connectivity index (χ2n) is 1.60. The van der Waals surface area contributed by atoms with Crippen LogP contribution in [0.15, 0.2) is 0 Å². The average molecular weight is 103 g/mol. The van der Waals surface area contributed by atoms with Crippen molar-refractivity contribution in [2.24, 2.45) is 0 Å². The van der Waals surface area contributed by atoms with Gasteiger partial charge in [0.05, 0.1) is 0 Å². The molecule has 6 heavy (non-hydrogen) atoms. The molecule has 1 N–H and O–H groups in total. The van der Waals surface area contributed by atoms with Crippen LogP contribution in [-0.2, 0) is 0 Å². The molecule has 38 valence electrons. The first-order valence-electron chi connectivity index (χ1n) is 2.48. The van der Waals surface area contributed by atoms with Crippen LogP contribution in [0, 0.1) is 0 Å². The number of rotatable bonds is 2. The van der Waals surface area contributed by atoms with Gasteiger partial charge < -0.3 is 5.32 Å². The van der Waals surface area contributed by atoms with Gasteiger partial charge in [0.15, 0.2) is 0 Å². The van der Waals surface area contributed by atoms with Crippen LogP contribution < -0.4 is 5.32 Å². The Morgan fingerprint density at radius 2 is 2.33 bits per heavy atom. The van der Waals surface area contributed by atoms with Gasteiger partial charge in [-0.15, -0.1) is 0 Å². The lowest BCUT2D eigenvalue weighted by atomic mass is 10.4. The van der Waals surface area contributed by atoms with E-state index in [1.165, 1.54) is 16.3 Å². The van der Waals surface area contributed by atoms with Crippen molar-refractivity contribution in [3.63, 3.8) is 0 Å². The van der Waals surface area contributed by atoms with Gasteiger partial charge in [0.2, 0.25) is 0 Å². The average Bonchev–Trinajstić information content (AvgIpc) is 1.65. The van der Waals surface area contributed by atoms with E-state index in [1.54, 1.807) is 0 Å². The minimum Gasteiger partial charge on any atom is -0.318 e. The Kier molecular flexibility index (Phi) is 3.47. The van der Waals surface area contributed by atoms with Crippen molar-refractivity contribution in [3.8, 4) is 0 Å². The standard InChI is InChI=1S/C4H13NSi/c1-4(3-6)5-2/h4-5H,3H2,1-2,6H3. The van der Waals surface area contributed by atoms with Crippen molar-refractivity contribution < 1.29 is 0 Å². The van der Waals surface area contributed by atoms with E-state index in [0.29, 0.717) is 0 Å². The Hall–Kier alpha value is 0.177. The molecule has 0 spiro atoms. The second-order valence-corrected chi connectivity index (χ2v) is 2.41. The molecule has 1 nitrogen and oxygen atoms in total. The molecule has 0 rings (SSSR count). The summed E-state index contributed by atoms with van der Waals surface area (Å²) in [4.78, 5) is 0. The molecule has 1 atom stereocenters. The normalized spacial score (nSPS) is 15.0. The predicted octanol–water partition coefficient (Wildman–Crippen LogP) is -0.622. The monoisotopic (exact) mass is 103 g/mol. The lowest BCUT2D eigenvalue weighted by Crippen LogP contribution is -2.19. The summed E-state index contributed by atoms with van der Waals surface area (Å²) in [6.45, 7) is 2.20. The van der Waals surface area contributed by atoms with Crippen LogP contribution in [0.1, 0.15) is 6.92 Å². The lowest BCUT2D eigenvalue weighted by Gasteiger charge is -2.02. The van der Waals surface area contributed by atoms with Crippen molar-refractivity contribution in [1.82, 2.24) is 5.32 Å². The van der Waals surface area contributed by atoms with Gasteiger partial charge in [-0.05, 0) is 7.05 Å². The molecule has 0 aliphatic rings. The van der Waals surface area contributed by atoms with E-state index in [0.717, 1.165) is 6.04 Å². The Morgan fingerprint density at radius 3 is 2.33 bits per heavy atom. The zero-order chi connectivity index (χ0) is 4.99. The van der Waals surface area contributed by atoms with E-state index < -0.39 is 0 Å². The molecule has 0 aromatic rings. The largest absolute Gasteiger partial charge is 0.318 e. The highest BCUT2D eigenvalue weighted by Crippen LogP contribution is 1.80. The van der Waals surface area contributed by atoms with Gasteiger partial charge in [-0.25, -0.2) is 0 Å². The van der Waals surface area contributed by atoms with Crippen molar-refractivity contribution >= 4 is 10.2 Å². The Labute approximate surface area is 42.6 Å². The molecule has 0 heterocycles. The molecule has 0 saturated carbocycles. The second kappa shape index (κ2) is 3.37. The van der Waals surface area contributed by atoms with Crippen molar-refractivity contribution in [3.05, 3.63) is 0 Å². The van der Waals surface area contributed by atoms with Crippen LogP contribution in [0.3, 0.4) is 0 Å². The smallest absolute Gasteiger partial charge is 0.00475 e. The summed E-state index contributed by atoms with van der Waals surface area (Å²) >= 11 is 0. The maximum absolute atomic E-state index is 3.15. The van der Waals surface area contributed by atoms with Gasteiger partial charge in [0, 0.05) is 16.3 Å². The summed E-state index contributed by atoms with van der Waals surface area (Å²) in [7, 11) is 3.32. The van der Waals surface area contributed by atoms with Gasteiger partial charge in [0.1, 0.15) is 0 Å². The highest BCUT2D eigenvalue weighted by Gasteiger charge is 1.86. The minimum absolute atomic E-state index is 0.747.